The summed E-state index contributed by atoms with van der Waals surface area (Å²) >= 11 is 0. The van der Waals surface area contributed by atoms with Crippen molar-refractivity contribution in [1.82, 2.24) is 0 Å². The standard InChI is InChI=1S/C25H22N8O6S.Na/c26-19-12-20(27)24(40(37,38)39)13-22(19)33-31-17-6-2-4-15(10-17)29-25(36)28-14-3-1-5-16(9-14)30-32-21-8-7-18(34)11-23(21)35;/h1-13,34-35H,26-27H2,(H2,28,29,36)(H,37,38,39);/q;+1/p-1. The molecule has 16 heteroatoms. The fourth-order valence-electron chi connectivity index (χ4n) is 3.31. The van der Waals surface area contributed by atoms with E-state index >= 15 is 0 Å². The maximum absolute atomic E-state index is 12.5. The van der Waals surface area contributed by atoms with E-state index in [9.17, 15) is 28.0 Å². The molecular formula is C25H21N8NaO6S. The molecule has 0 saturated heterocycles. The number of amides is 2. The molecule has 0 aliphatic rings. The second-order valence-electron chi connectivity index (χ2n) is 8.15. The number of benzene rings is 4. The average molecular weight is 585 g/mol. The molecule has 4 rings (SSSR count). The summed E-state index contributed by atoms with van der Waals surface area (Å²) in [6.45, 7) is 0. The predicted octanol–water partition coefficient (Wildman–Crippen LogP) is 2.36. The molecule has 0 saturated carbocycles. The van der Waals surface area contributed by atoms with Crippen LogP contribution < -0.4 is 56.8 Å². The minimum Gasteiger partial charge on any atom is -0.872 e. The van der Waals surface area contributed by atoms with E-state index in [1.54, 1.807) is 42.5 Å². The Balaban J connectivity index is 0.00000462. The molecule has 41 heavy (non-hydrogen) atoms. The van der Waals surface area contributed by atoms with Crippen LogP contribution in [0.2, 0.25) is 0 Å². The van der Waals surface area contributed by atoms with Gasteiger partial charge in [-0.3, -0.25) is 4.55 Å². The van der Waals surface area contributed by atoms with Crippen LogP contribution in [0.4, 0.5) is 50.3 Å². The maximum Gasteiger partial charge on any atom is 1.00 e. The van der Waals surface area contributed by atoms with Gasteiger partial charge >= 0.3 is 35.6 Å². The second kappa shape index (κ2) is 13.2. The molecule has 8 N–H and O–H groups in total. The molecule has 0 unspecified atom stereocenters. The van der Waals surface area contributed by atoms with E-state index < -0.39 is 21.0 Å². The first kappa shape index (κ1) is 31.0. The van der Waals surface area contributed by atoms with Crippen molar-refractivity contribution in [2.45, 2.75) is 4.90 Å². The Morgan fingerprint density at radius 3 is 1.85 bits per heavy atom. The molecule has 4 aromatic carbocycles. The smallest absolute Gasteiger partial charge is 0.872 e. The summed E-state index contributed by atoms with van der Waals surface area (Å²) in [6, 6.07) is 17.9. The fourth-order valence-corrected chi connectivity index (χ4v) is 3.93. The third-order valence-corrected chi connectivity index (χ3v) is 6.05. The van der Waals surface area contributed by atoms with E-state index in [-0.39, 0.29) is 63.8 Å². The average Bonchev–Trinajstić information content (AvgIpc) is 2.87. The first-order valence-electron chi connectivity index (χ1n) is 11.3. The normalized spacial score (nSPS) is 11.3. The number of nitrogens with one attached hydrogen (secondary N) is 2. The number of phenolic OH excluding ortho intramolecular Hbond substituents is 1. The summed E-state index contributed by atoms with van der Waals surface area (Å²) in [4.78, 5) is 12.0. The monoisotopic (exact) mass is 584 g/mol. The topological polar surface area (TPSA) is 240 Å². The number of carbonyl (C=O) groups excluding carboxylic acids is 1. The van der Waals surface area contributed by atoms with Crippen LogP contribution in [0.1, 0.15) is 0 Å². The zero-order valence-electron chi connectivity index (χ0n) is 21.4. The number of hydrogen-bond donors (Lipinski definition) is 6. The van der Waals surface area contributed by atoms with Crippen LogP contribution in [-0.2, 0) is 10.1 Å². The van der Waals surface area contributed by atoms with Crippen molar-refractivity contribution in [3.63, 3.8) is 0 Å². The number of aromatic hydroxyl groups is 1. The Morgan fingerprint density at radius 2 is 1.32 bits per heavy atom. The number of azo groups is 2. The summed E-state index contributed by atoms with van der Waals surface area (Å²) in [7, 11) is -4.59. The van der Waals surface area contributed by atoms with Gasteiger partial charge in [0, 0.05) is 11.4 Å². The summed E-state index contributed by atoms with van der Waals surface area (Å²) in [5.41, 5.74) is 12.8. The van der Waals surface area contributed by atoms with Gasteiger partial charge < -0.3 is 32.3 Å². The van der Waals surface area contributed by atoms with Crippen molar-refractivity contribution >= 4 is 61.6 Å². The number of urea groups is 1. The molecule has 204 valence electrons. The van der Waals surface area contributed by atoms with Crippen LogP contribution in [-0.4, -0.2) is 24.1 Å². The number of phenols is 1. The van der Waals surface area contributed by atoms with Gasteiger partial charge in [-0.05, 0) is 60.7 Å². The number of nitrogens with two attached hydrogens (primary N) is 2. The minimum absolute atomic E-state index is 0. The van der Waals surface area contributed by atoms with E-state index in [1.165, 1.54) is 18.2 Å². The zero-order valence-corrected chi connectivity index (χ0v) is 24.2. The van der Waals surface area contributed by atoms with Gasteiger partial charge in [0.1, 0.15) is 22.0 Å². The largest absolute Gasteiger partial charge is 1.00 e. The third-order valence-electron chi connectivity index (χ3n) is 5.14. The minimum atomic E-state index is -4.59. The van der Waals surface area contributed by atoms with E-state index in [0.717, 1.165) is 18.2 Å². The number of nitrogens with zero attached hydrogens (tertiary/aromatic N) is 4. The number of rotatable bonds is 7. The van der Waals surface area contributed by atoms with Crippen LogP contribution in [0.25, 0.3) is 0 Å². The van der Waals surface area contributed by atoms with Crippen LogP contribution in [0.3, 0.4) is 0 Å². The van der Waals surface area contributed by atoms with Crippen molar-refractivity contribution in [3.8, 4) is 11.5 Å². The van der Waals surface area contributed by atoms with E-state index in [2.05, 4.69) is 31.1 Å². The first-order chi connectivity index (χ1) is 19.0. The SMILES string of the molecule is Nc1cc(N)c(S(=O)(=O)O)cc1N=Nc1cccc(NC(=O)Nc2cccc(N=Nc3ccc([O-])cc3O)c2)c1.[Na+]. The van der Waals surface area contributed by atoms with Crippen molar-refractivity contribution in [1.29, 1.82) is 0 Å². The van der Waals surface area contributed by atoms with Crippen LogP contribution in [0, 0.1) is 0 Å². The third kappa shape index (κ3) is 8.47. The van der Waals surface area contributed by atoms with E-state index in [0.29, 0.717) is 22.7 Å². The quantitative estimate of drug-likeness (QED) is 0.0813. The molecule has 14 nitrogen and oxygen atoms in total. The van der Waals surface area contributed by atoms with Gasteiger partial charge in [-0.25, -0.2) is 4.79 Å². The van der Waals surface area contributed by atoms with Gasteiger partial charge in [-0.15, -0.1) is 16.0 Å². The van der Waals surface area contributed by atoms with Gasteiger partial charge in [-0.2, -0.15) is 18.6 Å². The van der Waals surface area contributed by atoms with E-state index in [1.807, 2.05) is 0 Å². The maximum atomic E-state index is 12.5. The molecule has 0 aliphatic carbocycles. The molecule has 0 fully saturated rings. The van der Waals surface area contributed by atoms with Crippen LogP contribution >= 0.6 is 0 Å². The Labute approximate surface area is 255 Å². The molecular weight excluding hydrogens is 563 g/mol. The number of anilines is 4. The summed E-state index contributed by atoms with van der Waals surface area (Å²) in [6.07, 6.45) is 0. The second-order valence-corrected chi connectivity index (χ2v) is 9.54. The van der Waals surface area contributed by atoms with Crippen molar-refractivity contribution in [2.24, 2.45) is 20.5 Å². The Hall–Kier alpha value is -4.54. The zero-order chi connectivity index (χ0) is 28.9. The Kier molecular flexibility index (Phi) is 9.99. The molecule has 2 amide bonds. The van der Waals surface area contributed by atoms with Crippen molar-refractivity contribution < 1.29 is 57.5 Å². The van der Waals surface area contributed by atoms with Gasteiger partial charge in [0.15, 0.2) is 0 Å². The summed E-state index contributed by atoms with van der Waals surface area (Å²) in [5, 5.41) is 42.2. The molecule has 4 aromatic rings. The molecule has 0 atom stereocenters. The molecule has 0 spiro atoms. The molecule has 0 aliphatic heterocycles. The summed E-state index contributed by atoms with van der Waals surface area (Å²) < 4.78 is 32.3. The van der Waals surface area contributed by atoms with E-state index in [4.69, 9.17) is 11.5 Å². The van der Waals surface area contributed by atoms with Gasteiger partial charge in [-0.1, -0.05) is 18.2 Å². The fraction of sp³-hybridized carbons (Fsp3) is 0. The Bertz CT molecular complexity index is 1770. The van der Waals surface area contributed by atoms with Crippen molar-refractivity contribution in [3.05, 3.63) is 78.9 Å². The van der Waals surface area contributed by atoms with Crippen LogP contribution in [0.5, 0.6) is 11.5 Å². The van der Waals surface area contributed by atoms with Crippen molar-refractivity contribution in [2.75, 3.05) is 22.1 Å². The number of nitrogen functional groups attached to an aromatic ring is 2. The predicted molar refractivity (Wildman–Crippen MR) is 147 cm³/mol. The van der Waals surface area contributed by atoms with Crippen LogP contribution in [0.15, 0.2) is 104 Å². The molecule has 0 bridgehead atoms. The van der Waals surface area contributed by atoms with Gasteiger partial charge in [0.2, 0.25) is 0 Å². The van der Waals surface area contributed by atoms with Gasteiger partial charge in [0.05, 0.1) is 22.7 Å². The Morgan fingerprint density at radius 1 is 0.756 bits per heavy atom. The summed E-state index contributed by atoms with van der Waals surface area (Å²) in [5.74, 6) is -0.658. The molecule has 0 radical (unpaired) electrons. The number of hydrogen-bond acceptors (Lipinski definition) is 11. The first-order valence-corrected chi connectivity index (χ1v) is 12.7. The number of carbonyl (C=O) groups is 1. The molecule has 0 aromatic heterocycles. The molecule has 0 heterocycles. The van der Waals surface area contributed by atoms with Gasteiger partial charge in [0.25, 0.3) is 10.1 Å².